The number of hydrogen-bond donors (Lipinski definition) is 1. The van der Waals surface area contributed by atoms with Gasteiger partial charge in [0, 0.05) is 19.2 Å². The molecule has 0 aliphatic rings. The van der Waals surface area contributed by atoms with Crippen LogP contribution in [0.1, 0.15) is 51.7 Å². The highest BCUT2D eigenvalue weighted by Gasteiger charge is 2.18. The molecule has 0 heterocycles. The summed E-state index contributed by atoms with van der Waals surface area (Å²) >= 11 is 0. The van der Waals surface area contributed by atoms with Crippen molar-refractivity contribution in [1.29, 1.82) is 0 Å². The molecule has 0 fully saturated rings. The second-order valence-corrected chi connectivity index (χ2v) is 7.02. The molecule has 3 heteroatoms. The summed E-state index contributed by atoms with van der Waals surface area (Å²) < 4.78 is 11.5. The molecule has 1 rings (SSSR count). The normalized spacial score (nSPS) is 13.5. The number of nitrogens with one attached hydrogen (secondary N) is 1. The number of rotatable bonds is 7. The van der Waals surface area contributed by atoms with Crippen LogP contribution in [0.15, 0.2) is 18.2 Å². The molecule has 1 unspecified atom stereocenters. The molecule has 1 N–H and O–H groups in total. The van der Waals surface area contributed by atoms with Crippen molar-refractivity contribution in [3.05, 3.63) is 29.3 Å². The van der Waals surface area contributed by atoms with Crippen LogP contribution in [0.3, 0.4) is 0 Å². The fourth-order valence-electron chi connectivity index (χ4n) is 2.14. The smallest absolute Gasteiger partial charge is 0.134 e. The van der Waals surface area contributed by atoms with Crippen LogP contribution < -0.4 is 10.1 Å². The average Bonchev–Trinajstić information content (AvgIpc) is 2.35. The molecule has 0 saturated heterocycles. The Morgan fingerprint density at radius 1 is 1.19 bits per heavy atom. The number of benzene rings is 1. The molecule has 3 nitrogen and oxygen atoms in total. The van der Waals surface area contributed by atoms with Crippen LogP contribution in [-0.2, 0) is 4.74 Å². The summed E-state index contributed by atoms with van der Waals surface area (Å²) in [6.45, 7) is 14.3. The Morgan fingerprint density at radius 2 is 1.86 bits per heavy atom. The van der Waals surface area contributed by atoms with Crippen molar-refractivity contribution in [2.45, 2.75) is 59.1 Å². The fourth-order valence-corrected chi connectivity index (χ4v) is 2.14. The lowest BCUT2D eigenvalue weighted by Crippen LogP contribution is -2.44. The molecule has 120 valence electrons. The van der Waals surface area contributed by atoms with Crippen LogP contribution in [0, 0.1) is 6.92 Å². The molecule has 0 bridgehead atoms. The summed E-state index contributed by atoms with van der Waals surface area (Å²) in [5, 5.41) is 3.49. The minimum atomic E-state index is 0.00789. The maximum absolute atomic E-state index is 6.24. The van der Waals surface area contributed by atoms with Gasteiger partial charge in [0.25, 0.3) is 0 Å². The Labute approximate surface area is 130 Å². The SMILES string of the molecule is COCC(CNC(C)(C)C)Oc1cc(C)ccc1C(C)C. The maximum atomic E-state index is 6.24. The maximum Gasteiger partial charge on any atom is 0.134 e. The molecular formula is C18H31NO2. The first kappa shape index (κ1) is 18.0. The van der Waals surface area contributed by atoms with E-state index in [1.807, 2.05) is 0 Å². The van der Waals surface area contributed by atoms with Crippen molar-refractivity contribution in [1.82, 2.24) is 5.32 Å². The predicted octanol–water partition coefficient (Wildman–Crippen LogP) is 3.90. The van der Waals surface area contributed by atoms with Gasteiger partial charge < -0.3 is 14.8 Å². The Hall–Kier alpha value is -1.06. The van der Waals surface area contributed by atoms with E-state index in [4.69, 9.17) is 9.47 Å². The molecule has 0 aromatic heterocycles. The van der Waals surface area contributed by atoms with E-state index >= 15 is 0 Å². The number of hydrogen-bond acceptors (Lipinski definition) is 3. The molecule has 0 aliphatic heterocycles. The monoisotopic (exact) mass is 293 g/mol. The molecule has 0 aliphatic carbocycles. The third kappa shape index (κ3) is 6.49. The van der Waals surface area contributed by atoms with E-state index in [0.29, 0.717) is 12.5 Å². The zero-order valence-electron chi connectivity index (χ0n) is 14.6. The third-order valence-corrected chi connectivity index (χ3v) is 3.30. The highest BCUT2D eigenvalue weighted by atomic mass is 16.5. The first-order valence-corrected chi connectivity index (χ1v) is 7.74. The lowest BCUT2D eigenvalue weighted by atomic mass is 10.0. The third-order valence-electron chi connectivity index (χ3n) is 3.30. The lowest BCUT2D eigenvalue weighted by Gasteiger charge is -2.27. The predicted molar refractivity (Wildman–Crippen MR) is 89.3 cm³/mol. The molecule has 1 atom stereocenters. The van der Waals surface area contributed by atoms with E-state index in [2.05, 4.69) is 65.1 Å². The lowest BCUT2D eigenvalue weighted by molar-refractivity contribution is 0.0756. The van der Waals surface area contributed by atoms with Crippen molar-refractivity contribution >= 4 is 0 Å². The van der Waals surface area contributed by atoms with Gasteiger partial charge in [0.1, 0.15) is 11.9 Å². The van der Waals surface area contributed by atoms with Gasteiger partial charge in [-0.05, 0) is 50.8 Å². The van der Waals surface area contributed by atoms with Gasteiger partial charge in [0.2, 0.25) is 0 Å². The summed E-state index contributed by atoms with van der Waals surface area (Å²) in [6, 6.07) is 6.42. The first-order chi connectivity index (χ1) is 9.73. The van der Waals surface area contributed by atoms with Crippen LogP contribution in [0.4, 0.5) is 0 Å². The summed E-state index contributed by atoms with van der Waals surface area (Å²) in [5.74, 6) is 1.42. The van der Waals surface area contributed by atoms with Crippen LogP contribution >= 0.6 is 0 Å². The van der Waals surface area contributed by atoms with Crippen LogP contribution in [0.5, 0.6) is 5.75 Å². The topological polar surface area (TPSA) is 30.5 Å². The van der Waals surface area contributed by atoms with Crippen molar-refractivity contribution < 1.29 is 9.47 Å². The van der Waals surface area contributed by atoms with E-state index in [-0.39, 0.29) is 11.6 Å². The van der Waals surface area contributed by atoms with Crippen molar-refractivity contribution in [2.75, 3.05) is 20.3 Å². The molecule has 0 radical (unpaired) electrons. The van der Waals surface area contributed by atoms with Gasteiger partial charge in [0.05, 0.1) is 6.61 Å². The van der Waals surface area contributed by atoms with Gasteiger partial charge in [-0.1, -0.05) is 26.0 Å². The zero-order valence-corrected chi connectivity index (χ0v) is 14.6. The van der Waals surface area contributed by atoms with Gasteiger partial charge in [-0.25, -0.2) is 0 Å². The van der Waals surface area contributed by atoms with E-state index in [1.54, 1.807) is 7.11 Å². The minimum Gasteiger partial charge on any atom is -0.486 e. The Balaban J connectivity index is 2.85. The second kappa shape index (κ2) is 7.81. The van der Waals surface area contributed by atoms with E-state index in [0.717, 1.165) is 12.3 Å². The van der Waals surface area contributed by atoms with Crippen molar-refractivity contribution in [2.24, 2.45) is 0 Å². The molecule has 1 aromatic rings. The summed E-state index contributed by atoms with van der Waals surface area (Å²) in [7, 11) is 1.72. The zero-order chi connectivity index (χ0) is 16.0. The summed E-state index contributed by atoms with van der Waals surface area (Å²) in [5.41, 5.74) is 2.54. The highest BCUT2D eigenvalue weighted by molar-refractivity contribution is 5.39. The van der Waals surface area contributed by atoms with E-state index < -0.39 is 0 Å². The first-order valence-electron chi connectivity index (χ1n) is 7.74. The number of methoxy groups -OCH3 is 1. The van der Waals surface area contributed by atoms with E-state index in [1.165, 1.54) is 11.1 Å². The van der Waals surface area contributed by atoms with Gasteiger partial charge in [-0.3, -0.25) is 0 Å². The number of aryl methyl sites for hydroxylation is 1. The molecule has 0 spiro atoms. The molecule has 21 heavy (non-hydrogen) atoms. The summed E-state index contributed by atoms with van der Waals surface area (Å²) in [6.07, 6.45) is 0.00789. The molecule has 0 amide bonds. The average molecular weight is 293 g/mol. The summed E-state index contributed by atoms with van der Waals surface area (Å²) in [4.78, 5) is 0. The highest BCUT2D eigenvalue weighted by Crippen LogP contribution is 2.28. The fraction of sp³-hybridized carbons (Fsp3) is 0.667. The molecule has 1 aromatic carbocycles. The standard InChI is InChI=1S/C18H31NO2/c1-13(2)16-9-8-14(3)10-17(16)21-15(12-20-7)11-19-18(4,5)6/h8-10,13,15,19H,11-12H2,1-7H3. The minimum absolute atomic E-state index is 0.00789. The van der Waals surface area contributed by atoms with Crippen LogP contribution in [0.2, 0.25) is 0 Å². The van der Waals surface area contributed by atoms with Gasteiger partial charge in [-0.15, -0.1) is 0 Å². The Morgan fingerprint density at radius 3 is 2.38 bits per heavy atom. The van der Waals surface area contributed by atoms with Crippen LogP contribution in [0.25, 0.3) is 0 Å². The quantitative estimate of drug-likeness (QED) is 0.827. The van der Waals surface area contributed by atoms with Crippen molar-refractivity contribution in [3.63, 3.8) is 0 Å². The molecular weight excluding hydrogens is 262 g/mol. The van der Waals surface area contributed by atoms with Gasteiger partial charge in [-0.2, -0.15) is 0 Å². The second-order valence-electron chi connectivity index (χ2n) is 7.02. The van der Waals surface area contributed by atoms with Gasteiger partial charge >= 0.3 is 0 Å². The van der Waals surface area contributed by atoms with Gasteiger partial charge in [0.15, 0.2) is 0 Å². The Kier molecular flexibility index (Phi) is 6.69. The number of ether oxygens (including phenoxy) is 2. The Bertz CT molecular complexity index is 435. The molecule has 0 saturated carbocycles. The largest absolute Gasteiger partial charge is 0.486 e. The van der Waals surface area contributed by atoms with E-state index in [9.17, 15) is 0 Å². The van der Waals surface area contributed by atoms with Crippen LogP contribution in [-0.4, -0.2) is 31.9 Å². The van der Waals surface area contributed by atoms with Crippen molar-refractivity contribution in [3.8, 4) is 5.75 Å².